The largest absolute Gasteiger partial charge is 0.451 e. The predicted octanol–water partition coefficient (Wildman–Crippen LogP) is 4.84. The number of halogens is 2. The van der Waals surface area contributed by atoms with E-state index in [-0.39, 0.29) is 18.2 Å². The fourth-order valence-corrected chi connectivity index (χ4v) is 3.00. The summed E-state index contributed by atoms with van der Waals surface area (Å²) in [7, 11) is 0. The number of Topliss-reactive ketones (excluding diaryl/α,β-unsaturated/α-hetero) is 1. The first-order valence-electron chi connectivity index (χ1n) is 6.18. The van der Waals surface area contributed by atoms with Crippen molar-refractivity contribution in [2.45, 2.75) is 0 Å². The van der Waals surface area contributed by atoms with Gasteiger partial charge in [0.25, 0.3) is 0 Å². The van der Waals surface area contributed by atoms with Crippen molar-refractivity contribution in [3.05, 3.63) is 56.4 Å². The zero-order chi connectivity index (χ0) is 15.7. The number of carbonyl (C=O) groups excluding carboxylic acids is 2. The van der Waals surface area contributed by atoms with Crippen LogP contribution in [0.1, 0.15) is 20.2 Å². The van der Waals surface area contributed by atoms with Gasteiger partial charge in [0.2, 0.25) is 11.5 Å². The van der Waals surface area contributed by atoms with Gasteiger partial charge in [-0.15, -0.1) is 11.3 Å². The van der Waals surface area contributed by atoms with Crippen molar-refractivity contribution in [1.29, 1.82) is 0 Å². The summed E-state index contributed by atoms with van der Waals surface area (Å²) in [5.74, 6) is -0.998. The van der Waals surface area contributed by atoms with E-state index in [1.54, 1.807) is 30.3 Å². The zero-order valence-electron chi connectivity index (χ0n) is 11.0. The van der Waals surface area contributed by atoms with Gasteiger partial charge < -0.3 is 9.15 Å². The van der Waals surface area contributed by atoms with Gasteiger partial charge in [0.05, 0.1) is 9.21 Å². The maximum absolute atomic E-state index is 11.9. The van der Waals surface area contributed by atoms with E-state index in [1.165, 1.54) is 6.07 Å². The number of hydrogen-bond acceptors (Lipinski definition) is 5. The number of thiophene rings is 1. The third-order valence-electron chi connectivity index (χ3n) is 2.86. The van der Waals surface area contributed by atoms with Crippen LogP contribution >= 0.6 is 34.5 Å². The van der Waals surface area contributed by atoms with Gasteiger partial charge in [0.15, 0.2) is 6.61 Å². The van der Waals surface area contributed by atoms with Crippen LogP contribution in [0.15, 0.2) is 40.8 Å². The molecule has 1 aromatic carbocycles. The molecule has 0 radical (unpaired) electrons. The first-order valence-corrected chi connectivity index (χ1v) is 7.75. The van der Waals surface area contributed by atoms with Crippen molar-refractivity contribution in [3.8, 4) is 0 Å². The SMILES string of the molecule is O=C(OCC(=O)c1ccc(Cl)s1)c1cc2cc(Cl)ccc2o1. The summed E-state index contributed by atoms with van der Waals surface area (Å²) < 4.78 is 10.8. The molecule has 0 bridgehead atoms. The second-order valence-electron chi connectivity index (χ2n) is 4.40. The Morgan fingerprint density at radius 1 is 1.14 bits per heavy atom. The van der Waals surface area contributed by atoms with Crippen molar-refractivity contribution in [1.82, 2.24) is 0 Å². The van der Waals surface area contributed by atoms with Crippen molar-refractivity contribution in [2.24, 2.45) is 0 Å². The Morgan fingerprint density at radius 3 is 2.68 bits per heavy atom. The maximum atomic E-state index is 11.9. The Balaban J connectivity index is 1.69. The highest BCUT2D eigenvalue weighted by Gasteiger charge is 2.17. The number of carbonyl (C=O) groups is 2. The third kappa shape index (κ3) is 3.16. The lowest BCUT2D eigenvalue weighted by Gasteiger charge is -2.00. The second kappa shape index (κ2) is 6.12. The summed E-state index contributed by atoms with van der Waals surface area (Å²) in [6.45, 7) is -0.368. The number of ether oxygens (including phenoxy) is 1. The summed E-state index contributed by atoms with van der Waals surface area (Å²) in [6, 6.07) is 9.72. The molecule has 3 aromatic rings. The van der Waals surface area contributed by atoms with Gasteiger partial charge >= 0.3 is 5.97 Å². The predicted molar refractivity (Wildman–Crippen MR) is 85.2 cm³/mol. The summed E-state index contributed by atoms with van der Waals surface area (Å²) in [4.78, 5) is 24.2. The molecule has 22 heavy (non-hydrogen) atoms. The molecule has 2 heterocycles. The molecule has 0 aliphatic rings. The van der Waals surface area contributed by atoms with Crippen LogP contribution in [0.25, 0.3) is 11.0 Å². The first kappa shape index (κ1) is 15.1. The number of ketones is 1. The number of benzene rings is 1. The van der Waals surface area contributed by atoms with Crippen molar-refractivity contribution in [2.75, 3.05) is 6.61 Å². The molecule has 7 heteroatoms. The first-order chi connectivity index (χ1) is 10.5. The molecule has 3 rings (SSSR count). The molecule has 0 aliphatic heterocycles. The smallest absolute Gasteiger partial charge is 0.374 e. The summed E-state index contributed by atoms with van der Waals surface area (Å²) in [5.41, 5.74) is 0.521. The van der Waals surface area contributed by atoms with E-state index in [1.807, 2.05) is 0 Å². The van der Waals surface area contributed by atoms with Crippen LogP contribution in [0.3, 0.4) is 0 Å². The molecule has 0 N–H and O–H groups in total. The molecule has 0 saturated carbocycles. The standard InChI is InChI=1S/C15H8Cl2O4S/c16-9-1-2-11-8(5-9)6-12(21-11)15(19)20-7-10(18)13-3-4-14(17)22-13/h1-6H,7H2. The lowest BCUT2D eigenvalue weighted by Crippen LogP contribution is -2.12. The number of hydrogen-bond donors (Lipinski definition) is 0. The highest BCUT2D eigenvalue weighted by Crippen LogP contribution is 2.24. The van der Waals surface area contributed by atoms with E-state index in [2.05, 4.69) is 0 Å². The molecule has 0 saturated heterocycles. The van der Waals surface area contributed by atoms with Crippen molar-refractivity contribution >= 4 is 57.3 Å². The molecule has 112 valence electrons. The number of fused-ring (bicyclic) bond motifs is 1. The van der Waals surface area contributed by atoms with Gasteiger partial charge in [-0.2, -0.15) is 0 Å². The highest BCUT2D eigenvalue weighted by atomic mass is 35.5. The molecule has 0 unspecified atom stereocenters. The summed E-state index contributed by atoms with van der Waals surface area (Å²) in [5, 5.41) is 1.23. The lowest BCUT2D eigenvalue weighted by atomic mass is 10.2. The van der Waals surface area contributed by atoms with Crippen LogP contribution in [0.4, 0.5) is 0 Å². The fraction of sp³-hybridized carbons (Fsp3) is 0.0667. The summed E-state index contributed by atoms with van der Waals surface area (Å²) >= 11 is 12.8. The highest BCUT2D eigenvalue weighted by molar-refractivity contribution is 7.18. The van der Waals surface area contributed by atoms with E-state index >= 15 is 0 Å². The molecule has 0 spiro atoms. The van der Waals surface area contributed by atoms with Crippen LogP contribution in [0.2, 0.25) is 9.36 Å². The zero-order valence-corrected chi connectivity index (χ0v) is 13.3. The average Bonchev–Trinajstić information content (AvgIpc) is 3.10. The van der Waals surface area contributed by atoms with E-state index in [0.717, 1.165) is 11.3 Å². The Kier molecular flexibility index (Phi) is 4.20. The molecular weight excluding hydrogens is 347 g/mol. The van der Waals surface area contributed by atoms with E-state index < -0.39 is 5.97 Å². The Bertz CT molecular complexity index is 865. The van der Waals surface area contributed by atoms with Crippen LogP contribution in [0.5, 0.6) is 0 Å². The van der Waals surface area contributed by atoms with Gasteiger partial charge in [0.1, 0.15) is 5.58 Å². The third-order valence-corrected chi connectivity index (χ3v) is 4.37. The molecule has 0 atom stereocenters. The monoisotopic (exact) mass is 354 g/mol. The molecular formula is C15H8Cl2O4S. The second-order valence-corrected chi connectivity index (χ2v) is 6.55. The maximum Gasteiger partial charge on any atom is 0.374 e. The minimum Gasteiger partial charge on any atom is -0.451 e. The van der Waals surface area contributed by atoms with E-state index in [9.17, 15) is 9.59 Å². The molecule has 0 aliphatic carbocycles. The molecule has 0 fully saturated rings. The van der Waals surface area contributed by atoms with E-state index in [0.29, 0.717) is 25.2 Å². The Labute approximate surface area is 139 Å². The van der Waals surface area contributed by atoms with E-state index in [4.69, 9.17) is 32.4 Å². The number of rotatable bonds is 4. The molecule has 0 amide bonds. The lowest BCUT2D eigenvalue weighted by molar-refractivity contribution is 0.0447. The Morgan fingerprint density at radius 2 is 1.95 bits per heavy atom. The van der Waals surface area contributed by atoms with Gasteiger partial charge in [-0.25, -0.2) is 4.79 Å². The van der Waals surface area contributed by atoms with Crippen LogP contribution in [0, 0.1) is 0 Å². The Hall–Kier alpha value is -1.82. The van der Waals surface area contributed by atoms with Gasteiger partial charge in [-0.05, 0) is 36.4 Å². The topological polar surface area (TPSA) is 56.5 Å². The van der Waals surface area contributed by atoms with Crippen LogP contribution in [-0.4, -0.2) is 18.4 Å². The normalized spacial score (nSPS) is 10.8. The van der Waals surface area contributed by atoms with Gasteiger partial charge in [0, 0.05) is 10.4 Å². The van der Waals surface area contributed by atoms with Crippen LogP contribution in [-0.2, 0) is 4.74 Å². The molecule has 2 aromatic heterocycles. The number of esters is 1. The van der Waals surface area contributed by atoms with Crippen molar-refractivity contribution in [3.63, 3.8) is 0 Å². The average molecular weight is 355 g/mol. The van der Waals surface area contributed by atoms with Gasteiger partial charge in [-0.1, -0.05) is 23.2 Å². The van der Waals surface area contributed by atoms with Crippen LogP contribution < -0.4 is 0 Å². The fourth-order valence-electron chi connectivity index (χ4n) is 1.85. The van der Waals surface area contributed by atoms with Gasteiger partial charge in [-0.3, -0.25) is 4.79 Å². The minimum atomic E-state index is -0.705. The quantitative estimate of drug-likeness (QED) is 0.496. The van der Waals surface area contributed by atoms with Crippen molar-refractivity contribution < 1.29 is 18.7 Å². The number of furan rings is 1. The molecule has 4 nitrogen and oxygen atoms in total. The minimum absolute atomic E-state index is 0.0225. The summed E-state index contributed by atoms with van der Waals surface area (Å²) in [6.07, 6.45) is 0.